The highest BCUT2D eigenvalue weighted by Crippen LogP contribution is 2.36. The molecule has 0 unspecified atom stereocenters. The normalized spacial score (nSPS) is 16.5. The van der Waals surface area contributed by atoms with E-state index in [4.69, 9.17) is 9.15 Å². The minimum absolute atomic E-state index is 0.0426. The van der Waals surface area contributed by atoms with Crippen molar-refractivity contribution in [1.29, 1.82) is 0 Å². The standard InChI is InChI=1S/C35H34FN5O5/c36-27-17-25-31-34(30(27)37-7-11-39-9-3-4-10-39)46-29-19-24-23(21-5-1-2-6-22(21)32(24)42)18-28(29)41(31)20-26(33(25)43)35(44)38-8-12-40-13-15-45-16-14-40/h1-2,5-6,17-20,37H,3-4,7-16H2,(H,38,44). The summed E-state index contributed by atoms with van der Waals surface area (Å²) >= 11 is 0. The highest BCUT2D eigenvalue weighted by molar-refractivity contribution is 6.15. The van der Waals surface area contributed by atoms with Gasteiger partial charge in [-0.2, -0.15) is 0 Å². The van der Waals surface area contributed by atoms with Gasteiger partial charge < -0.3 is 29.1 Å². The number of benzene rings is 3. The van der Waals surface area contributed by atoms with Crippen LogP contribution in [-0.2, 0) is 4.74 Å². The number of nitrogens with one attached hydrogen (secondary N) is 2. The molecular weight excluding hydrogens is 589 g/mol. The maximum atomic E-state index is 15.9. The summed E-state index contributed by atoms with van der Waals surface area (Å²) in [6.07, 6.45) is 3.82. The molecule has 0 aliphatic carbocycles. The molecule has 2 aliphatic rings. The predicted molar refractivity (Wildman–Crippen MR) is 177 cm³/mol. The number of hydrogen-bond donors (Lipinski definition) is 2. The molecular formula is C35H34FN5O5. The number of hydrogen-bond acceptors (Lipinski definition) is 8. The number of nitrogens with zero attached hydrogens (tertiary/aromatic N) is 3. The van der Waals surface area contributed by atoms with Gasteiger partial charge in [-0.25, -0.2) is 4.39 Å². The lowest BCUT2D eigenvalue weighted by Crippen LogP contribution is -2.42. The number of morpholine rings is 1. The molecule has 0 bridgehead atoms. The fourth-order valence-electron chi connectivity index (χ4n) is 7.05. The Morgan fingerprint density at radius 3 is 2.37 bits per heavy atom. The first-order valence-electron chi connectivity index (χ1n) is 15.9. The van der Waals surface area contributed by atoms with Crippen molar-refractivity contribution < 1.29 is 18.3 Å². The summed E-state index contributed by atoms with van der Waals surface area (Å²) in [7, 11) is 0. The lowest BCUT2D eigenvalue weighted by atomic mass is 10.1. The topological polar surface area (TPSA) is 109 Å². The van der Waals surface area contributed by atoms with E-state index in [1.807, 2.05) is 24.3 Å². The maximum absolute atomic E-state index is 15.9. The van der Waals surface area contributed by atoms with Crippen LogP contribution in [0, 0.1) is 5.82 Å². The van der Waals surface area contributed by atoms with Gasteiger partial charge >= 0.3 is 0 Å². The van der Waals surface area contributed by atoms with Gasteiger partial charge in [-0.05, 0) is 54.9 Å². The minimum Gasteiger partial charge on any atom is -0.451 e. The molecule has 6 aromatic rings. The van der Waals surface area contributed by atoms with Crippen molar-refractivity contribution in [3.05, 3.63) is 80.5 Å². The zero-order valence-corrected chi connectivity index (χ0v) is 25.4. The van der Waals surface area contributed by atoms with Crippen molar-refractivity contribution in [3.8, 4) is 0 Å². The van der Waals surface area contributed by atoms with Crippen LogP contribution < -0.4 is 21.5 Å². The lowest BCUT2D eigenvalue weighted by molar-refractivity contribution is 0.0383. The number of amides is 1. The number of carbonyl (C=O) groups excluding carboxylic acids is 1. The Kier molecular flexibility index (Phi) is 7.31. The minimum atomic E-state index is -0.648. The zero-order valence-electron chi connectivity index (χ0n) is 25.4. The highest BCUT2D eigenvalue weighted by atomic mass is 19.1. The Morgan fingerprint density at radius 2 is 1.57 bits per heavy atom. The summed E-state index contributed by atoms with van der Waals surface area (Å²) in [5, 5.41) is 8.76. The largest absolute Gasteiger partial charge is 0.451 e. The summed E-state index contributed by atoms with van der Waals surface area (Å²) in [5.74, 6) is -1.18. The average molecular weight is 624 g/mol. The maximum Gasteiger partial charge on any atom is 0.256 e. The Morgan fingerprint density at radius 1 is 0.826 bits per heavy atom. The molecule has 11 heteroatoms. The fourth-order valence-corrected chi connectivity index (χ4v) is 7.05. The average Bonchev–Trinajstić information content (AvgIpc) is 3.69. The van der Waals surface area contributed by atoms with Gasteiger partial charge in [-0.15, -0.1) is 0 Å². The fraction of sp³-hybridized carbons (Fsp3) is 0.343. The van der Waals surface area contributed by atoms with E-state index >= 15 is 4.39 Å². The Hall–Kier alpha value is -4.58. The molecule has 0 radical (unpaired) electrons. The van der Waals surface area contributed by atoms with Crippen LogP contribution in [0.1, 0.15) is 23.2 Å². The van der Waals surface area contributed by atoms with E-state index in [-0.39, 0.29) is 27.6 Å². The lowest BCUT2D eigenvalue weighted by Gasteiger charge is -2.26. The number of pyridine rings is 1. The molecule has 2 N–H and O–H groups in total. The van der Waals surface area contributed by atoms with E-state index in [0.29, 0.717) is 60.2 Å². The molecule has 0 spiro atoms. The third kappa shape index (κ3) is 4.86. The first kappa shape index (κ1) is 28.9. The highest BCUT2D eigenvalue weighted by Gasteiger charge is 2.24. The number of aromatic nitrogens is 1. The molecule has 4 aromatic carbocycles. The molecule has 0 saturated carbocycles. The van der Waals surface area contributed by atoms with E-state index in [1.165, 1.54) is 12.3 Å². The second kappa shape index (κ2) is 11.7. The van der Waals surface area contributed by atoms with E-state index in [9.17, 15) is 14.4 Å². The van der Waals surface area contributed by atoms with Gasteiger partial charge in [0.05, 0.1) is 24.1 Å². The van der Waals surface area contributed by atoms with Crippen molar-refractivity contribution in [2.45, 2.75) is 12.8 Å². The first-order chi connectivity index (χ1) is 22.5. The monoisotopic (exact) mass is 623 g/mol. The van der Waals surface area contributed by atoms with Crippen LogP contribution in [0.2, 0.25) is 0 Å². The molecule has 236 valence electrons. The summed E-state index contributed by atoms with van der Waals surface area (Å²) in [6, 6.07) is 12.1. The molecule has 0 atom stereocenters. The molecule has 46 heavy (non-hydrogen) atoms. The van der Waals surface area contributed by atoms with E-state index in [2.05, 4.69) is 20.4 Å². The van der Waals surface area contributed by atoms with Crippen molar-refractivity contribution in [3.63, 3.8) is 0 Å². The number of ether oxygens (including phenoxy) is 1. The van der Waals surface area contributed by atoms with E-state index in [1.54, 1.807) is 16.5 Å². The number of likely N-dealkylation sites (tertiary alicyclic amines) is 1. The second-order valence-electron chi connectivity index (χ2n) is 12.2. The quantitative estimate of drug-likeness (QED) is 0.194. The van der Waals surface area contributed by atoms with Crippen molar-refractivity contribution in [1.82, 2.24) is 19.5 Å². The zero-order chi connectivity index (χ0) is 31.4. The van der Waals surface area contributed by atoms with Gasteiger partial charge in [-0.3, -0.25) is 19.3 Å². The van der Waals surface area contributed by atoms with Crippen molar-refractivity contribution >= 4 is 60.7 Å². The number of carbonyl (C=O) groups is 1. The van der Waals surface area contributed by atoms with Gasteiger partial charge in [-0.1, -0.05) is 24.3 Å². The Balaban J connectivity index is 1.29. The van der Waals surface area contributed by atoms with Crippen LogP contribution in [0.3, 0.4) is 0 Å². The summed E-state index contributed by atoms with van der Waals surface area (Å²) < 4.78 is 29.4. The van der Waals surface area contributed by atoms with Gasteiger partial charge in [0.25, 0.3) is 5.91 Å². The molecule has 1 amide bonds. The summed E-state index contributed by atoms with van der Waals surface area (Å²) in [4.78, 5) is 45.2. The first-order valence-corrected chi connectivity index (χ1v) is 15.9. The van der Waals surface area contributed by atoms with Gasteiger partial charge in [0.15, 0.2) is 22.4 Å². The van der Waals surface area contributed by atoms with Gasteiger partial charge in [0.2, 0.25) is 5.43 Å². The van der Waals surface area contributed by atoms with Crippen LogP contribution in [0.25, 0.3) is 49.1 Å². The smallest absolute Gasteiger partial charge is 0.256 e. The number of rotatable bonds is 8. The second-order valence-corrected chi connectivity index (χ2v) is 12.2. The summed E-state index contributed by atoms with van der Waals surface area (Å²) in [5.41, 5.74) is 0.766. The van der Waals surface area contributed by atoms with Crippen LogP contribution in [0.5, 0.6) is 0 Å². The molecule has 2 saturated heterocycles. The van der Waals surface area contributed by atoms with Gasteiger partial charge in [0, 0.05) is 56.2 Å². The van der Waals surface area contributed by atoms with Crippen LogP contribution in [0.15, 0.2) is 62.7 Å². The van der Waals surface area contributed by atoms with E-state index < -0.39 is 17.2 Å². The molecule has 2 fully saturated rings. The SMILES string of the molecule is O=C(NCCN1CCOCC1)c1cn2c3cc4c(cc3oc3c(NCCN5CCCC5)c(F)cc(c1=O)c32)c(=O)c1ccccc14. The number of anilines is 1. The molecule has 8 rings (SSSR count). The third-order valence-electron chi connectivity index (χ3n) is 9.46. The molecule has 10 nitrogen and oxygen atoms in total. The van der Waals surface area contributed by atoms with Gasteiger partial charge in [0.1, 0.15) is 16.8 Å². The summed E-state index contributed by atoms with van der Waals surface area (Å²) in [6.45, 7) is 7.07. The van der Waals surface area contributed by atoms with Crippen LogP contribution in [0.4, 0.5) is 10.1 Å². The van der Waals surface area contributed by atoms with Crippen LogP contribution in [-0.4, -0.2) is 85.7 Å². The molecule has 2 aliphatic heterocycles. The number of fused-ring (bicyclic) bond motifs is 5. The van der Waals surface area contributed by atoms with E-state index in [0.717, 1.165) is 56.3 Å². The molecule has 4 heterocycles. The number of halogens is 1. The Bertz CT molecular complexity index is 2250. The molecule has 2 aromatic heterocycles. The third-order valence-corrected chi connectivity index (χ3v) is 9.46. The van der Waals surface area contributed by atoms with Crippen molar-refractivity contribution in [2.75, 3.05) is 70.9 Å². The Labute approximate surface area is 262 Å². The predicted octanol–water partition coefficient (Wildman–Crippen LogP) is 4.01. The van der Waals surface area contributed by atoms with Crippen LogP contribution >= 0.6 is 0 Å². The van der Waals surface area contributed by atoms with Crippen molar-refractivity contribution in [2.24, 2.45) is 0 Å².